The molecule has 4 rings (SSSR count). The zero-order valence-electron chi connectivity index (χ0n) is 12.7. The fourth-order valence-electron chi connectivity index (χ4n) is 5.16. The monoisotopic (exact) mass is 295 g/mol. The van der Waals surface area contributed by atoms with Crippen LogP contribution in [-0.2, 0) is 16.6 Å². The predicted molar refractivity (Wildman–Crippen MR) is 85.8 cm³/mol. The van der Waals surface area contributed by atoms with E-state index in [1.54, 1.807) is 12.1 Å². The molecule has 1 aliphatic heterocycles. The SMILES string of the molecule is C=C=Cc1c(O)ccc2c1C13CCNC(C2)[C@@H]1CCC(=O)C3. The topological polar surface area (TPSA) is 49.3 Å². The Balaban J connectivity index is 2.00. The molecule has 1 aromatic carbocycles. The molecule has 1 aromatic rings. The molecule has 1 saturated heterocycles. The molecule has 2 aliphatic carbocycles. The first kappa shape index (κ1) is 13.8. The van der Waals surface area contributed by atoms with Gasteiger partial charge >= 0.3 is 0 Å². The first-order valence-corrected chi connectivity index (χ1v) is 8.12. The van der Waals surface area contributed by atoms with Crippen LogP contribution in [0.15, 0.2) is 24.4 Å². The molecule has 22 heavy (non-hydrogen) atoms. The van der Waals surface area contributed by atoms with Gasteiger partial charge in [-0.25, -0.2) is 0 Å². The Morgan fingerprint density at radius 2 is 2.32 bits per heavy atom. The average Bonchev–Trinajstić information content (AvgIpc) is 2.49. The number of Topliss-reactive ketones (excluding diaryl/α,β-unsaturated/α-hetero) is 1. The zero-order valence-corrected chi connectivity index (χ0v) is 12.7. The van der Waals surface area contributed by atoms with Crippen LogP contribution in [0.3, 0.4) is 0 Å². The van der Waals surface area contributed by atoms with E-state index in [1.165, 1.54) is 11.1 Å². The molecule has 3 aliphatic rings. The second-order valence-corrected chi connectivity index (χ2v) is 6.91. The number of piperidine rings is 1. The number of aromatic hydroxyl groups is 1. The normalized spacial score (nSPS) is 32.6. The van der Waals surface area contributed by atoms with E-state index < -0.39 is 0 Å². The molecule has 1 heterocycles. The Morgan fingerprint density at radius 3 is 3.14 bits per heavy atom. The van der Waals surface area contributed by atoms with Crippen molar-refractivity contribution in [1.29, 1.82) is 0 Å². The number of phenols is 1. The Kier molecular flexibility index (Phi) is 3.04. The number of rotatable bonds is 1. The van der Waals surface area contributed by atoms with E-state index in [1.807, 2.05) is 6.07 Å². The third-order valence-corrected chi connectivity index (χ3v) is 5.91. The maximum atomic E-state index is 12.3. The van der Waals surface area contributed by atoms with E-state index in [0.29, 0.717) is 30.6 Å². The maximum absolute atomic E-state index is 12.3. The first-order valence-electron chi connectivity index (χ1n) is 8.12. The van der Waals surface area contributed by atoms with Crippen molar-refractivity contribution in [2.45, 2.75) is 43.6 Å². The van der Waals surface area contributed by atoms with Crippen LogP contribution in [0.4, 0.5) is 0 Å². The van der Waals surface area contributed by atoms with Gasteiger partial charge in [-0.1, -0.05) is 12.6 Å². The minimum absolute atomic E-state index is 0.111. The lowest BCUT2D eigenvalue weighted by Crippen LogP contribution is -2.60. The van der Waals surface area contributed by atoms with E-state index in [9.17, 15) is 9.90 Å². The number of phenolic OH excluding ortho intramolecular Hbond substituents is 1. The molecule has 0 aromatic heterocycles. The van der Waals surface area contributed by atoms with Crippen LogP contribution < -0.4 is 5.32 Å². The highest BCUT2D eigenvalue weighted by atomic mass is 16.3. The van der Waals surface area contributed by atoms with E-state index >= 15 is 0 Å². The molecule has 3 nitrogen and oxygen atoms in total. The lowest BCUT2D eigenvalue weighted by Gasteiger charge is -2.55. The van der Waals surface area contributed by atoms with Crippen molar-refractivity contribution in [2.24, 2.45) is 5.92 Å². The second kappa shape index (κ2) is 4.84. The Bertz CT molecular complexity index is 702. The highest BCUT2D eigenvalue weighted by Crippen LogP contribution is 2.55. The minimum Gasteiger partial charge on any atom is -0.507 e. The molecule has 0 amide bonds. The summed E-state index contributed by atoms with van der Waals surface area (Å²) in [6, 6.07) is 4.25. The average molecular weight is 295 g/mol. The smallest absolute Gasteiger partial charge is 0.133 e. The van der Waals surface area contributed by atoms with Crippen LogP contribution in [0.2, 0.25) is 0 Å². The van der Waals surface area contributed by atoms with Gasteiger partial charge in [-0.2, -0.15) is 0 Å². The highest BCUT2D eigenvalue weighted by molar-refractivity contribution is 5.82. The minimum atomic E-state index is -0.111. The van der Waals surface area contributed by atoms with Gasteiger partial charge < -0.3 is 10.4 Å². The van der Waals surface area contributed by atoms with Crippen molar-refractivity contribution >= 4 is 11.9 Å². The van der Waals surface area contributed by atoms with Gasteiger partial charge in [0.15, 0.2) is 0 Å². The van der Waals surface area contributed by atoms with Crippen molar-refractivity contribution in [3.8, 4) is 5.75 Å². The Morgan fingerprint density at radius 1 is 1.45 bits per heavy atom. The van der Waals surface area contributed by atoms with Gasteiger partial charge in [-0.05, 0) is 55.0 Å². The maximum Gasteiger partial charge on any atom is 0.133 e. The second-order valence-electron chi connectivity index (χ2n) is 6.91. The van der Waals surface area contributed by atoms with Crippen molar-refractivity contribution in [2.75, 3.05) is 6.54 Å². The van der Waals surface area contributed by atoms with Crippen LogP contribution in [0.25, 0.3) is 6.08 Å². The van der Waals surface area contributed by atoms with Crippen molar-refractivity contribution in [3.05, 3.63) is 41.1 Å². The van der Waals surface area contributed by atoms with Crippen LogP contribution in [-0.4, -0.2) is 23.5 Å². The fraction of sp³-hybridized carbons (Fsp3) is 0.474. The van der Waals surface area contributed by atoms with Gasteiger partial charge in [0, 0.05) is 29.9 Å². The van der Waals surface area contributed by atoms with Crippen molar-refractivity contribution < 1.29 is 9.90 Å². The lowest BCUT2D eigenvalue weighted by atomic mass is 9.52. The predicted octanol–water partition coefficient (Wildman–Crippen LogP) is 2.72. The molecule has 2 N–H and O–H groups in total. The molecule has 114 valence electrons. The summed E-state index contributed by atoms with van der Waals surface area (Å²) in [7, 11) is 0. The van der Waals surface area contributed by atoms with Crippen LogP contribution >= 0.6 is 0 Å². The Labute approximate surface area is 130 Å². The first-order chi connectivity index (χ1) is 10.7. The molecule has 3 atom stereocenters. The van der Waals surface area contributed by atoms with E-state index in [-0.39, 0.29) is 11.2 Å². The van der Waals surface area contributed by atoms with Gasteiger partial charge in [0.2, 0.25) is 0 Å². The summed E-state index contributed by atoms with van der Waals surface area (Å²) in [5.41, 5.74) is 5.99. The molecule has 2 bridgehead atoms. The number of ketones is 1. The van der Waals surface area contributed by atoms with Crippen LogP contribution in [0.5, 0.6) is 5.75 Å². The standard InChI is InChI=1S/C19H21NO2/c1-2-3-14-17(22)7-4-12-10-16-15-6-5-13(21)11-19(15,18(12)14)8-9-20-16/h3-4,7,15-16,20,22H,1,5-6,8-11H2/t15-,16?,19?/m0/s1. The highest BCUT2D eigenvalue weighted by Gasteiger charge is 2.54. The van der Waals surface area contributed by atoms with Gasteiger partial charge in [-0.15, -0.1) is 5.73 Å². The third kappa shape index (κ3) is 1.76. The molecule has 3 heteroatoms. The van der Waals surface area contributed by atoms with Gasteiger partial charge in [-0.3, -0.25) is 4.79 Å². The Hall–Kier alpha value is -1.83. The van der Waals surface area contributed by atoms with Crippen LogP contribution in [0, 0.1) is 5.92 Å². The zero-order chi connectivity index (χ0) is 15.3. The molecule has 2 unspecified atom stereocenters. The summed E-state index contributed by atoms with van der Waals surface area (Å²) in [4.78, 5) is 12.3. The van der Waals surface area contributed by atoms with Crippen molar-refractivity contribution in [3.63, 3.8) is 0 Å². The number of carbonyl (C=O) groups excluding carboxylic acids is 1. The molecule has 0 radical (unpaired) electrons. The largest absolute Gasteiger partial charge is 0.507 e. The summed E-state index contributed by atoms with van der Waals surface area (Å²) in [5, 5.41) is 14.0. The molecule has 0 spiro atoms. The lowest BCUT2D eigenvalue weighted by molar-refractivity contribution is -0.125. The van der Waals surface area contributed by atoms with Gasteiger partial charge in [0.25, 0.3) is 0 Å². The third-order valence-electron chi connectivity index (χ3n) is 5.91. The van der Waals surface area contributed by atoms with E-state index in [2.05, 4.69) is 17.6 Å². The van der Waals surface area contributed by atoms with E-state index in [0.717, 1.165) is 31.4 Å². The van der Waals surface area contributed by atoms with Gasteiger partial charge in [0.05, 0.1) is 0 Å². The molecule has 2 fully saturated rings. The number of hydrogen-bond donors (Lipinski definition) is 2. The molecule has 1 saturated carbocycles. The van der Waals surface area contributed by atoms with Crippen molar-refractivity contribution in [1.82, 2.24) is 5.32 Å². The number of nitrogens with one attached hydrogen (secondary N) is 1. The molecular formula is C19H21NO2. The summed E-state index contributed by atoms with van der Waals surface area (Å²) in [5.74, 6) is 1.13. The summed E-state index contributed by atoms with van der Waals surface area (Å²) >= 11 is 0. The van der Waals surface area contributed by atoms with Gasteiger partial charge in [0.1, 0.15) is 11.5 Å². The molecular weight excluding hydrogens is 274 g/mol. The quantitative estimate of drug-likeness (QED) is 0.783. The summed E-state index contributed by atoms with van der Waals surface area (Å²) in [6.07, 6.45) is 6.00. The van der Waals surface area contributed by atoms with Crippen LogP contribution in [0.1, 0.15) is 42.4 Å². The number of fused-ring (bicyclic) bond motifs is 1. The van der Waals surface area contributed by atoms with E-state index in [4.69, 9.17) is 0 Å². The summed E-state index contributed by atoms with van der Waals surface area (Å²) in [6.45, 7) is 4.62. The number of carbonyl (C=O) groups is 1. The number of benzene rings is 1. The fourth-order valence-corrected chi connectivity index (χ4v) is 5.16. The summed E-state index contributed by atoms with van der Waals surface area (Å²) < 4.78 is 0. The number of hydrogen-bond acceptors (Lipinski definition) is 3.